The number of carbonyl (C=O) groups excluding carboxylic acids is 3. The summed E-state index contributed by atoms with van der Waals surface area (Å²) in [5.74, 6) is 0.865. The summed E-state index contributed by atoms with van der Waals surface area (Å²) in [4.78, 5) is 38.4. The van der Waals surface area contributed by atoms with E-state index in [1.807, 2.05) is 0 Å². The van der Waals surface area contributed by atoms with Crippen LogP contribution in [0.1, 0.15) is 375 Å². The molecule has 6 nitrogen and oxygen atoms in total. The van der Waals surface area contributed by atoms with Crippen LogP contribution < -0.4 is 0 Å². The highest BCUT2D eigenvalue weighted by Crippen LogP contribution is 2.19. The molecule has 0 saturated heterocycles. The normalized spacial score (nSPS) is 12.0. The summed E-state index contributed by atoms with van der Waals surface area (Å²) in [6, 6.07) is 0. The number of hydrogen-bond donors (Lipinski definition) is 0. The van der Waals surface area contributed by atoms with Gasteiger partial charge in [-0.3, -0.25) is 14.4 Å². The lowest BCUT2D eigenvalue weighted by Crippen LogP contribution is -2.30. The second-order valence-corrected chi connectivity index (χ2v) is 23.7. The molecule has 0 spiro atoms. The van der Waals surface area contributed by atoms with Gasteiger partial charge in [0.1, 0.15) is 13.2 Å². The van der Waals surface area contributed by atoms with Crippen molar-refractivity contribution in [3.05, 3.63) is 0 Å². The predicted octanol–water partition coefficient (Wildman–Crippen LogP) is 22.0. The van der Waals surface area contributed by atoms with E-state index in [1.165, 1.54) is 263 Å². The van der Waals surface area contributed by atoms with Crippen LogP contribution in [0.2, 0.25) is 0 Å². The highest BCUT2D eigenvalue weighted by molar-refractivity contribution is 5.71. The quantitative estimate of drug-likeness (QED) is 0.0343. The Morgan fingerprint density at radius 1 is 0.264 bits per heavy atom. The number of hydrogen-bond acceptors (Lipinski definition) is 6. The Balaban J connectivity index is 4.29. The molecule has 0 aliphatic carbocycles. The van der Waals surface area contributed by atoms with Crippen molar-refractivity contribution in [2.24, 2.45) is 11.8 Å². The van der Waals surface area contributed by atoms with Crippen molar-refractivity contribution in [3.63, 3.8) is 0 Å². The van der Waals surface area contributed by atoms with Crippen molar-refractivity contribution in [1.82, 2.24) is 0 Å². The number of carbonyl (C=O) groups is 3. The molecule has 1 atom stereocenters. The maximum Gasteiger partial charge on any atom is 0.306 e. The summed E-state index contributed by atoms with van der Waals surface area (Å²) in [5.41, 5.74) is 0. The third-order valence-corrected chi connectivity index (χ3v) is 15.2. The number of ether oxygens (including phenoxy) is 3. The average molecular weight is 1020 g/mol. The SMILES string of the molecule is CCCCCCCCCCCCCCCCCCCCCC(=O)O[C@@H](COC(=O)CCCCCCCCCCCCCCCCCC(C)C)COC(=O)CCCCCCCCCCCCCCCCC(C)C. The van der Waals surface area contributed by atoms with E-state index < -0.39 is 6.10 Å². The first-order chi connectivity index (χ1) is 35.2. The predicted molar refractivity (Wildman–Crippen MR) is 312 cm³/mol. The van der Waals surface area contributed by atoms with Crippen molar-refractivity contribution in [2.45, 2.75) is 381 Å². The minimum Gasteiger partial charge on any atom is -0.462 e. The summed E-state index contributed by atoms with van der Waals surface area (Å²) in [6.07, 6.45) is 65.3. The van der Waals surface area contributed by atoms with Crippen LogP contribution in [0.25, 0.3) is 0 Å². The van der Waals surface area contributed by atoms with Crippen LogP contribution in [-0.4, -0.2) is 37.2 Å². The lowest BCUT2D eigenvalue weighted by molar-refractivity contribution is -0.167. The van der Waals surface area contributed by atoms with Gasteiger partial charge in [-0.1, -0.05) is 336 Å². The van der Waals surface area contributed by atoms with Crippen LogP contribution in [0.3, 0.4) is 0 Å². The molecule has 0 amide bonds. The zero-order valence-electron chi connectivity index (χ0n) is 49.6. The topological polar surface area (TPSA) is 78.9 Å². The minimum absolute atomic E-state index is 0.0617. The number of esters is 3. The first-order valence-corrected chi connectivity index (χ1v) is 32.7. The Morgan fingerprint density at radius 3 is 0.681 bits per heavy atom. The molecule has 0 radical (unpaired) electrons. The van der Waals surface area contributed by atoms with Gasteiger partial charge in [-0.15, -0.1) is 0 Å². The fourth-order valence-electron chi connectivity index (χ4n) is 10.3. The molecule has 0 aromatic heterocycles. The van der Waals surface area contributed by atoms with Gasteiger partial charge in [0, 0.05) is 19.3 Å². The Morgan fingerprint density at radius 2 is 0.458 bits per heavy atom. The number of rotatable bonds is 60. The fraction of sp³-hybridized carbons (Fsp3) is 0.955. The third-order valence-electron chi connectivity index (χ3n) is 15.2. The molecule has 0 bridgehead atoms. The van der Waals surface area contributed by atoms with Crippen LogP contribution in [-0.2, 0) is 28.6 Å². The van der Waals surface area contributed by atoms with E-state index in [4.69, 9.17) is 14.2 Å². The maximum atomic E-state index is 12.9. The molecule has 0 unspecified atom stereocenters. The van der Waals surface area contributed by atoms with Gasteiger partial charge < -0.3 is 14.2 Å². The molecular formula is C66H128O6. The molecule has 0 N–H and O–H groups in total. The van der Waals surface area contributed by atoms with Crippen LogP contribution in [0, 0.1) is 11.8 Å². The van der Waals surface area contributed by atoms with Gasteiger partial charge in [-0.2, -0.15) is 0 Å². The zero-order chi connectivity index (χ0) is 52.5. The van der Waals surface area contributed by atoms with Gasteiger partial charge in [-0.05, 0) is 31.1 Å². The van der Waals surface area contributed by atoms with Gasteiger partial charge in [-0.25, -0.2) is 0 Å². The summed E-state index contributed by atoms with van der Waals surface area (Å²) in [7, 11) is 0. The maximum absolute atomic E-state index is 12.9. The van der Waals surface area contributed by atoms with Crippen LogP contribution in [0.15, 0.2) is 0 Å². The molecular weight excluding hydrogens is 889 g/mol. The largest absolute Gasteiger partial charge is 0.462 e. The standard InChI is InChI=1S/C66H128O6/c1-6-7-8-9-10-11-12-13-14-15-16-17-20-28-33-38-43-48-53-58-66(69)72-63(60-71-65(68)57-52-47-42-37-32-27-23-22-25-30-35-40-45-50-55-62(4)5)59-70-64(67)56-51-46-41-36-31-26-21-18-19-24-29-34-39-44-49-54-61(2)3/h61-63H,6-60H2,1-5H3/t63-/m0/s1. The Hall–Kier alpha value is -1.59. The monoisotopic (exact) mass is 1020 g/mol. The van der Waals surface area contributed by atoms with Crippen molar-refractivity contribution in [1.29, 1.82) is 0 Å². The van der Waals surface area contributed by atoms with Crippen molar-refractivity contribution in [2.75, 3.05) is 13.2 Å². The van der Waals surface area contributed by atoms with E-state index in [-0.39, 0.29) is 31.1 Å². The second-order valence-electron chi connectivity index (χ2n) is 23.7. The lowest BCUT2D eigenvalue weighted by Gasteiger charge is -2.18. The summed E-state index contributed by atoms with van der Waals surface area (Å²) in [6.45, 7) is 11.5. The molecule has 428 valence electrons. The van der Waals surface area contributed by atoms with E-state index in [9.17, 15) is 14.4 Å². The second kappa shape index (κ2) is 58.7. The fourth-order valence-corrected chi connectivity index (χ4v) is 10.3. The van der Waals surface area contributed by atoms with Crippen molar-refractivity contribution in [3.8, 4) is 0 Å². The molecule has 0 aromatic rings. The van der Waals surface area contributed by atoms with E-state index in [0.29, 0.717) is 19.3 Å². The van der Waals surface area contributed by atoms with Crippen LogP contribution >= 0.6 is 0 Å². The third kappa shape index (κ3) is 59.3. The Kier molecular flexibility index (Phi) is 57.4. The summed E-state index contributed by atoms with van der Waals surface area (Å²) in [5, 5.41) is 0. The van der Waals surface area contributed by atoms with Gasteiger partial charge in [0.05, 0.1) is 0 Å². The summed E-state index contributed by atoms with van der Waals surface area (Å²) >= 11 is 0. The molecule has 0 aliphatic heterocycles. The van der Waals surface area contributed by atoms with E-state index >= 15 is 0 Å². The molecule has 0 saturated carbocycles. The lowest BCUT2D eigenvalue weighted by atomic mass is 10.0. The smallest absolute Gasteiger partial charge is 0.306 e. The molecule has 0 rings (SSSR count). The summed E-state index contributed by atoms with van der Waals surface area (Å²) < 4.78 is 17.0. The first kappa shape index (κ1) is 70.4. The molecule has 72 heavy (non-hydrogen) atoms. The number of unbranched alkanes of at least 4 members (excludes halogenated alkanes) is 45. The average Bonchev–Trinajstić information content (AvgIpc) is 3.36. The Labute approximate surface area is 450 Å². The first-order valence-electron chi connectivity index (χ1n) is 32.7. The van der Waals surface area contributed by atoms with Gasteiger partial charge >= 0.3 is 17.9 Å². The van der Waals surface area contributed by atoms with E-state index in [1.54, 1.807) is 0 Å². The zero-order valence-corrected chi connectivity index (χ0v) is 49.6. The highest BCUT2D eigenvalue weighted by atomic mass is 16.6. The molecule has 0 fully saturated rings. The van der Waals surface area contributed by atoms with Crippen LogP contribution in [0.5, 0.6) is 0 Å². The molecule has 0 heterocycles. The molecule has 0 aromatic carbocycles. The van der Waals surface area contributed by atoms with E-state index in [2.05, 4.69) is 34.6 Å². The van der Waals surface area contributed by atoms with Crippen molar-refractivity contribution >= 4 is 17.9 Å². The minimum atomic E-state index is -0.764. The highest BCUT2D eigenvalue weighted by Gasteiger charge is 2.19. The van der Waals surface area contributed by atoms with E-state index in [0.717, 1.165) is 69.6 Å². The Bertz CT molecular complexity index is 1100. The van der Waals surface area contributed by atoms with Gasteiger partial charge in [0.15, 0.2) is 6.10 Å². The van der Waals surface area contributed by atoms with Crippen molar-refractivity contribution < 1.29 is 28.6 Å². The van der Waals surface area contributed by atoms with Gasteiger partial charge in [0.25, 0.3) is 0 Å². The van der Waals surface area contributed by atoms with Gasteiger partial charge in [0.2, 0.25) is 0 Å². The molecule has 0 aliphatic rings. The molecule has 6 heteroatoms. The van der Waals surface area contributed by atoms with Crippen LogP contribution in [0.4, 0.5) is 0 Å².